The monoisotopic (exact) mass is 208 g/mol. The summed E-state index contributed by atoms with van der Waals surface area (Å²) >= 11 is 0. The quantitative estimate of drug-likeness (QED) is 0.663. The molecule has 4 unspecified atom stereocenters. The molecule has 15 heavy (non-hydrogen) atoms. The number of fused-ring (bicyclic) bond motifs is 2. The van der Waals surface area contributed by atoms with Gasteiger partial charge in [0.1, 0.15) is 0 Å². The van der Waals surface area contributed by atoms with Gasteiger partial charge >= 0.3 is 0 Å². The van der Waals surface area contributed by atoms with Crippen molar-refractivity contribution in [2.24, 2.45) is 35.1 Å². The largest absolute Gasteiger partial charge is 0.370 e. The van der Waals surface area contributed by atoms with Gasteiger partial charge < -0.3 is 11.5 Å². The maximum absolute atomic E-state index is 11.0. The van der Waals surface area contributed by atoms with Gasteiger partial charge in [0.25, 0.3) is 0 Å². The minimum absolute atomic E-state index is 0.154. The Hall–Kier alpha value is -0.830. The molecule has 2 aliphatic carbocycles. The molecule has 1 amide bonds. The topological polar surface area (TPSA) is 69.1 Å². The van der Waals surface area contributed by atoms with Crippen LogP contribution in [0.5, 0.6) is 0 Å². The normalized spacial score (nSPS) is 37.4. The van der Waals surface area contributed by atoms with E-state index in [1.54, 1.807) is 0 Å². The van der Waals surface area contributed by atoms with E-state index in [1.165, 1.54) is 6.42 Å². The van der Waals surface area contributed by atoms with E-state index < -0.39 is 0 Å². The van der Waals surface area contributed by atoms with Crippen LogP contribution in [0.25, 0.3) is 0 Å². The first-order valence-electron chi connectivity index (χ1n) is 5.89. The Bertz CT molecular complexity index is 275. The standard InChI is InChI=1S/C12H20N2O/c13-5-1-2-10-8-3-4-9(6-8)11(10)7-12(14)15/h3-4,8-11H,1-2,5-7,13H2,(H2,14,15). The number of amides is 1. The summed E-state index contributed by atoms with van der Waals surface area (Å²) in [6.07, 6.45) is 8.60. The molecule has 2 bridgehead atoms. The molecular formula is C12H20N2O. The highest BCUT2D eigenvalue weighted by Crippen LogP contribution is 2.50. The van der Waals surface area contributed by atoms with Crippen molar-refractivity contribution < 1.29 is 4.79 Å². The minimum Gasteiger partial charge on any atom is -0.370 e. The second-order valence-corrected chi connectivity index (χ2v) is 4.88. The van der Waals surface area contributed by atoms with Crippen LogP contribution in [0.2, 0.25) is 0 Å². The van der Waals surface area contributed by atoms with Crippen LogP contribution in [0.1, 0.15) is 25.7 Å². The number of hydrogen-bond acceptors (Lipinski definition) is 2. The van der Waals surface area contributed by atoms with Gasteiger partial charge in [-0.2, -0.15) is 0 Å². The van der Waals surface area contributed by atoms with E-state index in [9.17, 15) is 4.79 Å². The van der Waals surface area contributed by atoms with E-state index >= 15 is 0 Å². The zero-order valence-corrected chi connectivity index (χ0v) is 9.06. The van der Waals surface area contributed by atoms with Gasteiger partial charge in [-0.05, 0) is 49.5 Å². The smallest absolute Gasteiger partial charge is 0.217 e. The molecule has 3 nitrogen and oxygen atoms in total. The number of nitrogens with two attached hydrogens (primary N) is 2. The van der Waals surface area contributed by atoms with Crippen LogP contribution in [0.4, 0.5) is 0 Å². The maximum Gasteiger partial charge on any atom is 0.217 e. The summed E-state index contributed by atoms with van der Waals surface area (Å²) in [5.74, 6) is 2.27. The first-order valence-corrected chi connectivity index (χ1v) is 5.89. The number of hydrogen-bond donors (Lipinski definition) is 2. The molecule has 0 heterocycles. The third-order valence-corrected chi connectivity index (χ3v) is 3.98. The molecular weight excluding hydrogens is 188 g/mol. The molecule has 0 aromatic rings. The van der Waals surface area contributed by atoms with Gasteiger partial charge in [0.15, 0.2) is 0 Å². The molecule has 0 aromatic carbocycles. The zero-order chi connectivity index (χ0) is 10.8. The van der Waals surface area contributed by atoms with Crippen molar-refractivity contribution in [1.29, 1.82) is 0 Å². The van der Waals surface area contributed by atoms with Crippen molar-refractivity contribution in [2.45, 2.75) is 25.7 Å². The Balaban J connectivity index is 2.00. The highest BCUT2D eigenvalue weighted by Gasteiger charge is 2.44. The Morgan fingerprint density at radius 3 is 2.53 bits per heavy atom. The number of allylic oxidation sites excluding steroid dienone is 2. The Labute approximate surface area is 90.9 Å². The van der Waals surface area contributed by atoms with E-state index in [2.05, 4.69) is 12.2 Å². The van der Waals surface area contributed by atoms with Crippen molar-refractivity contribution >= 4 is 5.91 Å². The highest BCUT2D eigenvalue weighted by molar-refractivity contribution is 5.74. The van der Waals surface area contributed by atoms with Gasteiger partial charge in [0.05, 0.1) is 0 Å². The third-order valence-electron chi connectivity index (χ3n) is 3.98. The fourth-order valence-electron chi connectivity index (χ4n) is 3.34. The molecule has 0 saturated heterocycles. The lowest BCUT2D eigenvalue weighted by molar-refractivity contribution is -0.119. The van der Waals surface area contributed by atoms with Crippen LogP contribution in [-0.2, 0) is 4.79 Å². The van der Waals surface area contributed by atoms with Crippen LogP contribution in [-0.4, -0.2) is 12.5 Å². The Morgan fingerprint density at radius 1 is 1.27 bits per heavy atom. The summed E-state index contributed by atoms with van der Waals surface area (Å²) in [5.41, 5.74) is 10.8. The maximum atomic E-state index is 11.0. The number of primary amides is 1. The summed E-state index contributed by atoms with van der Waals surface area (Å²) in [4.78, 5) is 11.0. The molecule has 2 aliphatic rings. The summed E-state index contributed by atoms with van der Waals surface area (Å²) in [6, 6.07) is 0. The van der Waals surface area contributed by atoms with Gasteiger partial charge in [-0.3, -0.25) is 4.79 Å². The fourth-order valence-corrected chi connectivity index (χ4v) is 3.34. The van der Waals surface area contributed by atoms with Gasteiger partial charge in [0.2, 0.25) is 5.91 Å². The van der Waals surface area contributed by atoms with E-state index in [0.717, 1.165) is 19.4 Å². The van der Waals surface area contributed by atoms with E-state index in [4.69, 9.17) is 11.5 Å². The Morgan fingerprint density at radius 2 is 1.93 bits per heavy atom. The average molecular weight is 208 g/mol. The van der Waals surface area contributed by atoms with Crippen molar-refractivity contribution in [3.05, 3.63) is 12.2 Å². The predicted octanol–water partition coefficient (Wildman–Crippen LogP) is 1.04. The van der Waals surface area contributed by atoms with Crippen LogP contribution in [0, 0.1) is 23.7 Å². The van der Waals surface area contributed by atoms with Crippen molar-refractivity contribution in [3.63, 3.8) is 0 Å². The molecule has 4 N–H and O–H groups in total. The van der Waals surface area contributed by atoms with Crippen LogP contribution < -0.4 is 11.5 Å². The molecule has 1 fully saturated rings. The van der Waals surface area contributed by atoms with Crippen LogP contribution in [0.3, 0.4) is 0 Å². The summed E-state index contributed by atoms with van der Waals surface area (Å²) in [5, 5.41) is 0. The Kier molecular flexibility index (Phi) is 3.10. The predicted molar refractivity (Wildman–Crippen MR) is 59.8 cm³/mol. The highest BCUT2D eigenvalue weighted by atomic mass is 16.1. The molecule has 1 saturated carbocycles. The number of rotatable bonds is 5. The SMILES string of the molecule is NCCCC1C2C=CC(C2)C1CC(N)=O. The van der Waals surface area contributed by atoms with Crippen molar-refractivity contribution in [3.8, 4) is 0 Å². The first-order chi connectivity index (χ1) is 7.22. The molecule has 0 aliphatic heterocycles. The first kappa shape index (κ1) is 10.7. The van der Waals surface area contributed by atoms with Gasteiger partial charge in [-0.25, -0.2) is 0 Å². The average Bonchev–Trinajstić information content (AvgIpc) is 2.75. The lowest BCUT2D eigenvalue weighted by Crippen LogP contribution is -2.26. The molecule has 3 heteroatoms. The molecule has 0 spiro atoms. The van der Waals surface area contributed by atoms with Gasteiger partial charge in [-0.1, -0.05) is 12.2 Å². The van der Waals surface area contributed by atoms with E-state index in [1.807, 2.05) is 0 Å². The second-order valence-electron chi connectivity index (χ2n) is 4.88. The lowest BCUT2D eigenvalue weighted by Gasteiger charge is -2.27. The van der Waals surface area contributed by atoms with Crippen LogP contribution in [0.15, 0.2) is 12.2 Å². The molecule has 4 atom stereocenters. The third kappa shape index (κ3) is 2.07. The molecule has 0 aromatic heterocycles. The fraction of sp³-hybridized carbons (Fsp3) is 0.750. The number of carbonyl (C=O) groups is 1. The molecule has 84 valence electrons. The van der Waals surface area contributed by atoms with Crippen molar-refractivity contribution in [2.75, 3.05) is 6.54 Å². The lowest BCUT2D eigenvalue weighted by atomic mass is 9.78. The molecule has 0 radical (unpaired) electrons. The van der Waals surface area contributed by atoms with Gasteiger partial charge in [0, 0.05) is 6.42 Å². The summed E-state index contributed by atoms with van der Waals surface area (Å²) in [7, 11) is 0. The van der Waals surface area contributed by atoms with Gasteiger partial charge in [-0.15, -0.1) is 0 Å². The molecule has 2 rings (SSSR count). The summed E-state index contributed by atoms with van der Waals surface area (Å²) < 4.78 is 0. The van der Waals surface area contributed by atoms with E-state index in [-0.39, 0.29) is 5.91 Å². The van der Waals surface area contributed by atoms with E-state index in [0.29, 0.717) is 30.1 Å². The second kappa shape index (κ2) is 4.35. The van der Waals surface area contributed by atoms with Crippen molar-refractivity contribution in [1.82, 2.24) is 0 Å². The zero-order valence-electron chi connectivity index (χ0n) is 9.06. The van der Waals surface area contributed by atoms with Crippen LogP contribution >= 0.6 is 0 Å². The number of carbonyl (C=O) groups excluding carboxylic acids is 1. The summed E-state index contributed by atoms with van der Waals surface area (Å²) in [6.45, 7) is 0.751. The minimum atomic E-state index is -0.154.